The third kappa shape index (κ3) is 4.27. The Hall–Kier alpha value is -2.63. The molecule has 0 unspecified atom stereocenters. The van der Waals surface area contributed by atoms with Crippen molar-refractivity contribution in [3.05, 3.63) is 46.8 Å². The molecule has 2 saturated heterocycles. The van der Waals surface area contributed by atoms with E-state index in [2.05, 4.69) is 56.7 Å². The third-order valence-electron chi connectivity index (χ3n) is 6.61. The molecule has 4 rings (SSSR count). The molecule has 0 bridgehead atoms. The molecule has 0 spiro atoms. The lowest BCUT2D eigenvalue weighted by Gasteiger charge is -2.40. The van der Waals surface area contributed by atoms with Crippen molar-refractivity contribution in [2.24, 2.45) is 5.92 Å². The van der Waals surface area contributed by atoms with Crippen molar-refractivity contribution in [3.8, 4) is 0 Å². The molecular weight excluding hydrogens is 374 g/mol. The fourth-order valence-corrected chi connectivity index (χ4v) is 4.68. The second kappa shape index (κ2) is 8.62. The zero-order valence-corrected chi connectivity index (χ0v) is 18.7. The molecule has 1 aromatic carbocycles. The second-order valence-electron chi connectivity index (χ2n) is 8.74. The lowest BCUT2D eigenvalue weighted by atomic mass is 9.95. The summed E-state index contributed by atoms with van der Waals surface area (Å²) >= 11 is 0. The monoisotopic (exact) mass is 407 g/mol. The Kier molecular flexibility index (Phi) is 5.93. The number of rotatable bonds is 3. The number of piperidine rings is 1. The van der Waals surface area contributed by atoms with Crippen molar-refractivity contribution in [1.82, 2.24) is 14.9 Å². The summed E-state index contributed by atoms with van der Waals surface area (Å²) in [7, 11) is 0. The fourth-order valence-electron chi connectivity index (χ4n) is 4.68. The van der Waals surface area contributed by atoms with Crippen LogP contribution < -0.4 is 9.80 Å². The summed E-state index contributed by atoms with van der Waals surface area (Å²) in [4.78, 5) is 29.0. The number of benzene rings is 1. The molecule has 6 nitrogen and oxygen atoms in total. The molecule has 0 saturated carbocycles. The third-order valence-corrected chi connectivity index (χ3v) is 6.61. The number of aryl methyl sites for hydroxylation is 3. The van der Waals surface area contributed by atoms with Gasteiger partial charge >= 0.3 is 0 Å². The van der Waals surface area contributed by atoms with Gasteiger partial charge in [0.1, 0.15) is 0 Å². The van der Waals surface area contributed by atoms with Gasteiger partial charge in [-0.2, -0.15) is 0 Å². The number of aromatic nitrogens is 2. The minimum atomic E-state index is 0.124. The van der Waals surface area contributed by atoms with E-state index in [1.165, 1.54) is 16.8 Å². The summed E-state index contributed by atoms with van der Waals surface area (Å²) in [6.07, 6.45) is 1.76. The average Bonchev–Trinajstić information content (AvgIpc) is 2.75. The highest BCUT2D eigenvalue weighted by molar-refractivity contribution is 5.79. The summed E-state index contributed by atoms with van der Waals surface area (Å²) in [6.45, 7) is 13.5. The topological polar surface area (TPSA) is 52.6 Å². The van der Waals surface area contributed by atoms with E-state index in [0.29, 0.717) is 5.91 Å². The molecule has 1 aromatic heterocycles. The van der Waals surface area contributed by atoms with E-state index in [-0.39, 0.29) is 5.92 Å². The normalized spacial score (nSPS) is 18.1. The van der Waals surface area contributed by atoms with Crippen LogP contribution in [0.3, 0.4) is 0 Å². The number of piperazine rings is 1. The zero-order valence-electron chi connectivity index (χ0n) is 18.7. The predicted molar refractivity (Wildman–Crippen MR) is 121 cm³/mol. The van der Waals surface area contributed by atoms with E-state index in [4.69, 9.17) is 0 Å². The van der Waals surface area contributed by atoms with Crippen molar-refractivity contribution in [2.45, 2.75) is 40.5 Å². The minimum absolute atomic E-state index is 0.124. The smallest absolute Gasteiger partial charge is 0.225 e. The number of carbonyl (C=O) groups is 1. The number of amides is 1. The predicted octanol–water partition coefficient (Wildman–Crippen LogP) is 3.28. The molecule has 160 valence electrons. The lowest BCUT2D eigenvalue weighted by molar-refractivity contribution is -0.136. The molecule has 2 aliphatic rings. The van der Waals surface area contributed by atoms with Crippen LogP contribution in [-0.2, 0) is 4.79 Å². The van der Waals surface area contributed by atoms with Gasteiger partial charge in [-0.05, 0) is 63.8 Å². The number of hydrogen-bond acceptors (Lipinski definition) is 5. The molecule has 0 atom stereocenters. The van der Waals surface area contributed by atoms with Crippen LogP contribution in [0.2, 0.25) is 0 Å². The van der Waals surface area contributed by atoms with Crippen molar-refractivity contribution in [2.75, 3.05) is 49.1 Å². The highest BCUT2D eigenvalue weighted by Gasteiger charge is 2.31. The zero-order chi connectivity index (χ0) is 21.3. The Morgan fingerprint density at radius 3 is 2.13 bits per heavy atom. The molecule has 2 aromatic rings. The Bertz CT molecular complexity index is 892. The van der Waals surface area contributed by atoms with E-state index in [9.17, 15) is 4.79 Å². The SMILES string of the molecule is Cc1cc(C)nc(N2CCC(C(=O)N3CCN(c4cccc(C)c4C)CC3)CC2)n1. The molecule has 30 heavy (non-hydrogen) atoms. The van der Waals surface area contributed by atoms with Gasteiger partial charge in [0, 0.05) is 62.3 Å². The standard InChI is InChI=1S/C24H33N5O/c1-17-6-5-7-22(20(17)4)27-12-14-28(15-13-27)23(30)21-8-10-29(11-9-21)24-25-18(2)16-19(3)26-24/h5-7,16,21H,8-15H2,1-4H3. The van der Waals surface area contributed by atoms with Crippen molar-refractivity contribution in [1.29, 1.82) is 0 Å². The summed E-state index contributed by atoms with van der Waals surface area (Å²) in [5, 5.41) is 0. The maximum absolute atomic E-state index is 13.1. The van der Waals surface area contributed by atoms with Crippen LogP contribution in [0.1, 0.15) is 35.4 Å². The van der Waals surface area contributed by atoms with Crippen LogP contribution in [0.5, 0.6) is 0 Å². The van der Waals surface area contributed by atoms with Crippen LogP contribution in [-0.4, -0.2) is 60.0 Å². The molecule has 0 radical (unpaired) electrons. The summed E-state index contributed by atoms with van der Waals surface area (Å²) in [6, 6.07) is 8.48. The molecule has 0 N–H and O–H groups in total. The molecule has 1 amide bonds. The van der Waals surface area contributed by atoms with Gasteiger partial charge < -0.3 is 14.7 Å². The quantitative estimate of drug-likeness (QED) is 0.782. The van der Waals surface area contributed by atoms with Gasteiger partial charge in [0.05, 0.1) is 0 Å². The number of carbonyl (C=O) groups excluding carboxylic acids is 1. The molecule has 3 heterocycles. The first-order valence-electron chi connectivity index (χ1n) is 11.1. The fraction of sp³-hybridized carbons (Fsp3) is 0.542. The number of nitrogens with zero attached hydrogens (tertiary/aromatic N) is 5. The molecular formula is C24H33N5O. The highest BCUT2D eigenvalue weighted by Crippen LogP contribution is 2.26. The van der Waals surface area contributed by atoms with Crippen LogP contribution in [0.15, 0.2) is 24.3 Å². The van der Waals surface area contributed by atoms with Crippen molar-refractivity contribution >= 4 is 17.5 Å². The maximum atomic E-state index is 13.1. The van der Waals surface area contributed by atoms with Crippen LogP contribution in [0, 0.1) is 33.6 Å². The van der Waals surface area contributed by atoms with Gasteiger partial charge in [-0.3, -0.25) is 4.79 Å². The summed E-state index contributed by atoms with van der Waals surface area (Å²) in [5.74, 6) is 1.26. The van der Waals surface area contributed by atoms with Gasteiger partial charge in [0.2, 0.25) is 11.9 Å². The van der Waals surface area contributed by atoms with Gasteiger partial charge in [-0.15, -0.1) is 0 Å². The Balaban J connectivity index is 1.31. The van der Waals surface area contributed by atoms with E-state index >= 15 is 0 Å². The molecule has 2 fully saturated rings. The van der Waals surface area contributed by atoms with E-state index in [0.717, 1.165) is 69.4 Å². The maximum Gasteiger partial charge on any atom is 0.225 e. The van der Waals surface area contributed by atoms with E-state index in [1.54, 1.807) is 0 Å². The summed E-state index contributed by atoms with van der Waals surface area (Å²) in [5.41, 5.74) is 5.97. The van der Waals surface area contributed by atoms with Gasteiger partial charge in [-0.25, -0.2) is 9.97 Å². The first-order chi connectivity index (χ1) is 14.4. The number of hydrogen-bond donors (Lipinski definition) is 0. The Morgan fingerprint density at radius 2 is 1.50 bits per heavy atom. The average molecular weight is 408 g/mol. The van der Waals surface area contributed by atoms with Crippen LogP contribution in [0.25, 0.3) is 0 Å². The summed E-state index contributed by atoms with van der Waals surface area (Å²) < 4.78 is 0. The first kappa shape index (κ1) is 20.6. The Morgan fingerprint density at radius 1 is 0.867 bits per heavy atom. The van der Waals surface area contributed by atoms with Gasteiger partial charge in [0.25, 0.3) is 0 Å². The molecule has 6 heteroatoms. The van der Waals surface area contributed by atoms with Crippen molar-refractivity contribution < 1.29 is 4.79 Å². The van der Waals surface area contributed by atoms with E-state index in [1.807, 2.05) is 19.9 Å². The van der Waals surface area contributed by atoms with E-state index < -0.39 is 0 Å². The molecule has 2 aliphatic heterocycles. The highest BCUT2D eigenvalue weighted by atomic mass is 16.2. The minimum Gasteiger partial charge on any atom is -0.368 e. The van der Waals surface area contributed by atoms with Gasteiger partial charge in [0.15, 0.2) is 0 Å². The lowest BCUT2D eigenvalue weighted by Crippen LogP contribution is -2.52. The van der Waals surface area contributed by atoms with Crippen LogP contribution in [0.4, 0.5) is 11.6 Å². The first-order valence-corrected chi connectivity index (χ1v) is 11.1. The number of anilines is 2. The van der Waals surface area contributed by atoms with Crippen molar-refractivity contribution in [3.63, 3.8) is 0 Å². The largest absolute Gasteiger partial charge is 0.368 e. The Labute approximate surface area is 179 Å². The molecule has 0 aliphatic carbocycles. The second-order valence-corrected chi connectivity index (χ2v) is 8.74. The van der Waals surface area contributed by atoms with Crippen LogP contribution >= 0.6 is 0 Å². The van der Waals surface area contributed by atoms with Gasteiger partial charge in [-0.1, -0.05) is 12.1 Å².